The minimum atomic E-state index is 0.154. The summed E-state index contributed by atoms with van der Waals surface area (Å²) >= 11 is 4.15. The van der Waals surface area contributed by atoms with Gasteiger partial charge in [-0.1, -0.05) is 18.2 Å². The molecule has 2 rings (SSSR count). The summed E-state index contributed by atoms with van der Waals surface area (Å²) in [6, 6.07) is 7.84. The fraction of sp³-hybridized carbons (Fsp3) is 0.364. The summed E-state index contributed by atoms with van der Waals surface area (Å²) in [4.78, 5) is 13.8. The summed E-state index contributed by atoms with van der Waals surface area (Å²) in [7, 11) is 0. The number of fused-ring (bicyclic) bond motifs is 1. The summed E-state index contributed by atoms with van der Waals surface area (Å²) in [5.74, 6) is 0.884. The highest BCUT2D eigenvalue weighted by atomic mass is 32.1. The first-order valence-electron chi connectivity index (χ1n) is 4.81. The summed E-state index contributed by atoms with van der Waals surface area (Å²) < 4.78 is 0. The van der Waals surface area contributed by atoms with Crippen LogP contribution in [0.15, 0.2) is 24.3 Å². The zero-order chi connectivity index (χ0) is 9.97. The number of benzene rings is 1. The molecular weight excluding hydrogens is 194 g/mol. The molecule has 3 heteroatoms. The standard InChI is InChI=1S/C11H13NOS/c13-11-10-4-2-1-3-9(10)5-6-12(11)7-8-14/h1-4,14H,5-8H2. The van der Waals surface area contributed by atoms with E-state index in [0.29, 0.717) is 0 Å². The largest absolute Gasteiger partial charge is 0.337 e. The van der Waals surface area contributed by atoms with Gasteiger partial charge in [-0.25, -0.2) is 0 Å². The number of thiol groups is 1. The molecule has 0 N–H and O–H groups in total. The van der Waals surface area contributed by atoms with E-state index in [-0.39, 0.29) is 5.91 Å². The Balaban J connectivity index is 2.27. The summed E-state index contributed by atoms with van der Waals surface area (Å²) in [6.45, 7) is 1.58. The molecule has 1 aromatic rings. The molecule has 0 unspecified atom stereocenters. The Labute approximate surface area is 89.3 Å². The van der Waals surface area contributed by atoms with Crippen LogP contribution in [-0.2, 0) is 6.42 Å². The number of amides is 1. The van der Waals surface area contributed by atoms with Crippen LogP contribution in [0.5, 0.6) is 0 Å². The van der Waals surface area contributed by atoms with E-state index in [9.17, 15) is 4.79 Å². The van der Waals surface area contributed by atoms with Crippen LogP contribution in [0.3, 0.4) is 0 Å². The van der Waals surface area contributed by atoms with E-state index in [1.165, 1.54) is 5.56 Å². The number of carbonyl (C=O) groups is 1. The molecule has 0 saturated heterocycles. The highest BCUT2D eigenvalue weighted by molar-refractivity contribution is 7.80. The Bertz CT molecular complexity index is 351. The van der Waals surface area contributed by atoms with Gasteiger partial charge in [-0.15, -0.1) is 0 Å². The van der Waals surface area contributed by atoms with Crippen LogP contribution < -0.4 is 0 Å². The lowest BCUT2D eigenvalue weighted by Gasteiger charge is -2.27. The van der Waals surface area contributed by atoms with Crippen LogP contribution in [-0.4, -0.2) is 29.6 Å². The van der Waals surface area contributed by atoms with E-state index in [0.717, 1.165) is 30.8 Å². The van der Waals surface area contributed by atoms with Gasteiger partial charge >= 0.3 is 0 Å². The van der Waals surface area contributed by atoms with E-state index >= 15 is 0 Å². The molecule has 0 radical (unpaired) electrons. The fourth-order valence-electron chi connectivity index (χ4n) is 1.81. The third-order valence-electron chi connectivity index (χ3n) is 2.56. The van der Waals surface area contributed by atoms with Crippen molar-refractivity contribution in [1.29, 1.82) is 0 Å². The first-order valence-corrected chi connectivity index (χ1v) is 5.44. The number of carbonyl (C=O) groups excluding carboxylic acids is 1. The molecule has 0 aromatic heterocycles. The van der Waals surface area contributed by atoms with Crippen molar-refractivity contribution in [3.8, 4) is 0 Å². The molecule has 1 aromatic carbocycles. The monoisotopic (exact) mass is 207 g/mol. The second-order valence-corrected chi connectivity index (χ2v) is 3.87. The molecular formula is C11H13NOS. The van der Waals surface area contributed by atoms with Gasteiger partial charge in [0.25, 0.3) is 5.91 Å². The maximum atomic E-state index is 11.9. The van der Waals surface area contributed by atoms with Crippen molar-refractivity contribution in [2.75, 3.05) is 18.8 Å². The van der Waals surface area contributed by atoms with Gasteiger partial charge < -0.3 is 4.90 Å². The highest BCUT2D eigenvalue weighted by Crippen LogP contribution is 2.18. The van der Waals surface area contributed by atoms with Crippen molar-refractivity contribution >= 4 is 18.5 Å². The lowest BCUT2D eigenvalue weighted by Crippen LogP contribution is -2.38. The van der Waals surface area contributed by atoms with E-state index in [2.05, 4.69) is 12.6 Å². The Kier molecular flexibility index (Phi) is 2.77. The SMILES string of the molecule is O=C1c2ccccc2CCN1CCS. The quantitative estimate of drug-likeness (QED) is 0.731. The van der Waals surface area contributed by atoms with Crippen LogP contribution >= 0.6 is 12.6 Å². The highest BCUT2D eigenvalue weighted by Gasteiger charge is 2.22. The Morgan fingerprint density at radius 2 is 2.14 bits per heavy atom. The zero-order valence-corrected chi connectivity index (χ0v) is 8.83. The molecule has 74 valence electrons. The normalized spacial score (nSPS) is 15.5. The second-order valence-electron chi connectivity index (χ2n) is 3.42. The van der Waals surface area contributed by atoms with Crippen molar-refractivity contribution < 1.29 is 4.79 Å². The average Bonchev–Trinajstić information content (AvgIpc) is 2.23. The van der Waals surface area contributed by atoms with Crippen LogP contribution in [0, 0.1) is 0 Å². The summed E-state index contributed by atoms with van der Waals surface area (Å²) in [5, 5.41) is 0. The third kappa shape index (κ3) is 1.64. The van der Waals surface area contributed by atoms with Gasteiger partial charge in [-0.2, -0.15) is 12.6 Å². The maximum absolute atomic E-state index is 11.9. The number of hydrogen-bond acceptors (Lipinski definition) is 2. The van der Waals surface area contributed by atoms with Gasteiger partial charge in [0.1, 0.15) is 0 Å². The third-order valence-corrected chi connectivity index (χ3v) is 2.76. The van der Waals surface area contributed by atoms with Crippen LogP contribution in [0.1, 0.15) is 15.9 Å². The predicted molar refractivity (Wildman–Crippen MR) is 59.9 cm³/mol. The van der Waals surface area contributed by atoms with Crippen LogP contribution in [0.4, 0.5) is 0 Å². The number of rotatable bonds is 2. The van der Waals surface area contributed by atoms with E-state index in [4.69, 9.17) is 0 Å². The molecule has 1 heterocycles. The molecule has 1 amide bonds. The molecule has 0 atom stereocenters. The minimum absolute atomic E-state index is 0.154. The lowest BCUT2D eigenvalue weighted by atomic mass is 9.99. The molecule has 0 fully saturated rings. The van der Waals surface area contributed by atoms with Gasteiger partial charge in [0.05, 0.1) is 0 Å². The van der Waals surface area contributed by atoms with Gasteiger partial charge in [0.15, 0.2) is 0 Å². The van der Waals surface area contributed by atoms with Gasteiger partial charge in [-0.05, 0) is 18.1 Å². The molecule has 0 bridgehead atoms. The first-order chi connectivity index (χ1) is 6.83. The van der Waals surface area contributed by atoms with Gasteiger partial charge in [0.2, 0.25) is 0 Å². The Morgan fingerprint density at radius 3 is 2.93 bits per heavy atom. The Morgan fingerprint density at radius 1 is 1.36 bits per heavy atom. The van der Waals surface area contributed by atoms with Gasteiger partial charge in [0, 0.05) is 24.4 Å². The molecule has 1 aliphatic heterocycles. The lowest BCUT2D eigenvalue weighted by molar-refractivity contribution is 0.0751. The van der Waals surface area contributed by atoms with Crippen LogP contribution in [0.25, 0.3) is 0 Å². The smallest absolute Gasteiger partial charge is 0.254 e. The van der Waals surface area contributed by atoms with Crippen molar-refractivity contribution in [2.45, 2.75) is 6.42 Å². The van der Waals surface area contributed by atoms with Gasteiger partial charge in [-0.3, -0.25) is 4.79 Å². The summed E-state index contributed by atoms with van der Waals surface area (Å²) in [5.41, 5.74) is 2.04. The minimum Gasteiger partial charge on any atom is -0.337 e. The molecule has 0 aliphatic carbocycles. The maximum Gasteiger partial charge on any atom is 0.254 e. The van der Waals surface area contributed by atoms with Crippen molar-refractivity contribution in [1.82, 2.24) is 4.90 Å². The number of hydrogen-bond donors (Lipinski definition) is 1. The second kappa shape index (κ2) is 4.05. The van der Waals surface area contributed by atoms with Crippen molar-refractivity contribution in [3.63, 3.8) is 0 Å². The zero-order valence-electron chi connectivity index (χ0n) is 7.94. The van der Waals surface area contributed by atoms with E-state index < -0.39 is 0 Å². The molecule has 0 spiro atoms. The predicted octanol–water partition coefficient (Wildman–Crippen LogP) is 1.61. The molecule has 2 nitrogen and oxygen atoms in total. The average molecular weight is 207 g/mol. The molecule has 0 saturated carbocycles. The van der Waals surface area contributed by atoms with E-state index in [1.54, 1.807) is 0 Å². The van der Waals surface area contributed by atoms with E-state index in [1.807, 2.05) is 29.2 Å². The van der Waals surface area contributed by atoms with Crippen molar-refractivity contribution in [2.24, 2.45) is 0 Å². The Hall–Kier alpha value is -0.960. The van der Waals surface area contributed by atoms with Crippen molar-refractivity contribution in [3.05, 3.63) is 35.4 Å². The fourth-order valence-corrected chi connectivity index (χ4v) is 2.05. The number of nitrogens with zero attached hydrogens (tertiary/aromatic N) is 1. The first kappa shape index (κ1) is 9.59. The van der Waals surface area contributed by atoms with Crippen LogP contribution in [0.2, 0.25) is 0 Å². The molecule has 14 heavy (non-hydrogen) atoms. The topological polar surface area (TPSA) is 20.3 Å². The summed E-state index contributed by atoms with van der Waals surface area (Å²) in [6.07, 6.45) is 0.968. The molecule has 1 aliphatic rings.